The molecule has 0 aliphatic carbocycles. The number of halogens is 3. The average molecular weight is 734 g/mol. The molecule has 0 unspecified atom stereocenters. The van der Waals surface area contributed by atoms with Crippen LogP contribution in [0.25, 0.3) is 0 Å². The molecule has 0 atom stereocenters. The highest BCUT2D eigenvalue weighted by Crippen LogP contribution is 2.37. The van der Waals surface area contributed by atoms with E-state index in [4.69, 9.17) is 64.1 Å². The molecular formula is C34H27BrCl2N6O4. The highest BCUT2D eigenvalue weighted by Gasteiger charge is 2.15. The Morgan fingerprint density at radius 1 is 0.702 bits per heavy atom. The third-order valence-electron chi connectivity index (χ3n) is 6.35. The van der Waals surface area contributed by atoms with Crippen molar-refractivity contribution in [2.45, 2.75) is 12.8 Å². The summed E-state index contributed by atoms with van der Waals surface area (Å²) in [5.74, 6) is 2.15. The second-order valence-electron chi connectivity index (χ2n) is 9.67. The Morgan fingerprint density at radius 2 is 1.21 bits per heavy atom. The lowest BCUT2D eigenvalue weighted by Crippen LogP contribution is -2.03. The molecule has 238 valence electrons. The van der Waals surface area contributed by atoms with Gasteiger partial charge in [0.1, 0.15) is 27.5 Å². The van der Waals surface area contributed by atoms with Gasteiger partial charge in [0.2, 0.25) is 11.8 Å². The average Bonchev–Trinajstić information content (AvgIpc) is 3.06. The monoisotopic (exact) mass is 732 g/mol. The topological polar surface area (TPSA) is 162 Å². The van der Waals surface area contributed by atoms with E-state index in [0.717, 1.165) is 12.1 Å². The summed E-state index contributed by atoms with van der Waals surface area (Å²) in [6.07, 6.45) is 1.53. The molecule has 0 bridgehead atoms. The zero-order valence-electron chi connectivity index (χ0n) is 25.1. The van der Waals surface area contributed by atoms with Crippen LogP contribution in [0.1, 0.15) is 22.4 Å². The number of pyridine rings is 2. The molecule has 0 aliphatic heterocycles. The number of hydrogen-bond donors (Lipinski definition) is 2. The van der Waals surface area contributed by atoms with Gasteiger partial charge in [0.05, 0.1) is 37.5 Å². The number of benzene rings is 3. The van der Waals surface area contributed by atoms with E-state index in [1.807, 2.05) is 30.3 Å². The zero-order chi connectivity index (χ0) is 33.9. The van der Waals surface area contributed by atoms with Gasteiger partial charge < -0.3 is 30.4 Å². The first kappa shape index (κ1) is 34.7. The zero-order valence-corrected chi connectivity index (χ0v) is 28.2. The SMILES string of the molecule is COc1nc(Br)cc(Oc2cc(Cl)cc(C#N)c2)c1N.COc1nc(CCc2ccccc2)cc(Oc2cc(Cl)cc(C#N)c2)c1N. The fraction of sp³-hybridized carbons (Fsp3) is 0.118. The van der Waals surface area contributed by atoms with Crippen molar-refractivity contribution in [2.75, 3.05) is 25.7 Å². The summed E-state index contributed by atoms with van der Waals surface area (Å²) in [5.41, 5.74) is 15.4. The lowest BCUT2D eigenvalue weighted by Gasteiger charge is -2.13. The van der Waals surface area contributed by atoms with Crippen LogP contribution in [0.3, 0.4) is 0 Å². The maximum Gasteiger partial charge on any atom is 0.241 e. The van der Waals surface area contributed by atoms with E-state index in [1.54, 1.807) is 48.5 Å². The number of aromatic nitrogens is 2. The summed E-state index contributed by atoms with van der Waals surface area (Å²) in [6, 6.07) is 27.1. The number of anilines is 2. The number of nitrogens with two attached hydrogens (primary N) is 2. The number of nitriles is 2. The van der Waals surface area contributed by atoms with Gasteiger partial charge in [-0.3, -0.25) is 0 Å². The van der Waals surface area contributed by atoms with Crippen LogP contribution >= 0.6 is 39.1 Å². The van der Waals surface area contributed by atoms with Crippen LogP contribution in [-0.4, -0.2) is 24.2 Å². The van der Waals surface area contributed by atoms with Gasteiger partial charge in [0.15, 0.2) is 11.5 Å². The Morgan fingerprint density at radius 3 is 1.72 bits per heavy atom. The highest BCUT2D eigenvalue weighted by molar-refractivity contribution is 9.10. The minimum Gasteiger partial charge on any atom is -0.479 e. The molecule has 13 heteroatoms. The van der Waals surface area contributed by atoms with Crippen molar-refractivity contribution in [3.63, 3.8) is 0 Å². The second-order valence-corrected chi connectivity index (χ2v) is 11.4. The smallest absolute Gasteiger partial charge is 0.241 e. The van der Waals surface area contributed by atoms with Gasteiger partial charge in [-0.25, -0.2) is 9.97 Å². The number of methoxy groups -OCH3 is 2. The number of nitrogen functional groups attached to an aromatic ring is 2. The molecule has 2 heterocycles. The van der Waals surface area contributed by atoms with Crippen LogP contribution in [0.15, 0.2) is 83.5 Å². The van der Waals surface area contributed by atoms with Crippen molar-refractivity contribution in [3.05, 3.63) is 116 Å². The molecule has 0 saturated carbocycles. The fourth-order valence-electron chi connectivity index (χ4n) is 4.19. The van der Waals surface area contributed by atoms with Crippen molar-refractivity contribution in [1.82, 2.24) is 9.97 Å². The second kappa shape index (κ2) is 16.4. The first-order valence-electron chi connectivity index (χ1n) is 13.8. The molecule has 2 aromatic heterocycles. The lowest BCUT2D eigenvalue weighted by atomic mass is 10.1. The lowest BCUT2D eigenvalue weighted by molar-refractivity contribution is 0.393. The maximum atomic E-state index is 9.09. The summed E-state index contributed by atoms with van der Waals surface area (Å²) in [4.78, 5) is 8.51. The number of rotatable bonds is 9. The van der Waals surface area contributed by atoms with Crippen molar-refractivity contribution in [3.8, 4) is 46.9 Å². The van der Waals surface area contributed by atoms with Gasteiger partial charge in [-0.1, -0.05) is 53.5 Å². The van der Waals surface area contributed by atoms with E-state index in [1.165, 1.54) is 19.8 Å². The third-order valence-corrected chi connectivity index (χ3v) is 7.19. The number of nitrogens with zero attached hydrogens (tertiary/aromatic N) is 4. The molecule has 0 spiro atoms. The molecular weight excluding hydrogens is 707 g/mol. The molecule has 10 nitrogen and oxygen atoms in total. The van der Waals surface area contributed by atoms with Gasteiger partial charge in [0, 0.05) is 27.9 Å². The van der Waals surface area contributed by atoms with Crippen LogP contribution in [0.2, 0.25) is 10.0 Å². The van der Waals surface area contributed by atoms with Crippen LogP contribution in [-0.2, 0) is 12.8 Å². The van der Waals surface area contributed by atoms with E-state index >= 15 is 0 Å². The molecule has 0 saturated heterocycles. The minimum atomic E-state index is 0.247. The first-order valence-corrected chi connectivity index (χ1v) is 15.3. The predicted octanol–water partition coefficient (Wildman–Crippen LogP) is 8.53. The van der Waals surface area contributed by atoms with E-state index < -0.39 is 0 Å². The summed E-state index contributed by atoms with van der Waals surface area (Å²) in [7, 11) is 2.97. The molecule has 0 amide bonds. The standard InChI is InChI=1S/C21H18ClN3O2.C13H9BrClN3O2/c1-26-21-20(24)19(27-18-10-15(13-23)9-16(22)11-18)12-17(25-21)8-7-14-5-3-2-4-6-14;1-19-13-12(17)10(5-11(14)18-13)20-9-3-7(6-16)2-8(15)4-9/h2-6,9-12H,7-8,24H2,1H3;2-5H,17H2,1H3. The first-order chi connectivity index (χ1) is 22.6. The Bertz CT molecular complexity index is 1970. The quantitative estimate of drug-likeness (QED) is 0.140. The number of ether oxygens (including phenoxy) is 4. The van der Waals surface area contributed by atoms with Crippen molar-refractivity contribution < 1.29 is 18.9 Å². The highest BCUT2D eigenvalue weighted by atomic mass is 79.9. The molecule has 4 N–H and O–H groups in total. The molecule has 0 aliphatic rings. The maximum absolute atomic E-state index is 9.09. The summed E-state index contributed by atoms with van der Waals surface area (Å²) in [5, 5.41) is 18.8. The van der Waals surface area contributed by atoms with Crippen molar-refractivity contribution >= 4 is 50.5 Å². The predicted molar refractivity (Wildman–Crippen MR) is 184 cm³/mol. The van der Waals surface area contributed by atoms with Crippen LogP contribution < -0.4 is 30.4 Å². The van der Waals surface area contributed by atoms with Gasteiger partial charge in [-0.2, -0.15) is 10.5 Å². The van der Waals surface area contributed by atoms with Crippen LogP contribution in [0.5, 0.6) is 34.8 Å². The van der Waals surface area contributed by atoms with Gasteiger partial charge >= 0.3 is 0 Å². The molecule has 5 rings (SSSR count). The van der Waals surface area contributed by atoms with Gasteiger partial charge in [-0.15, -0.1) is 0 Å². The molecule has 0 fully saturated rings. The largest absolute Gasteiger partial charge is 0.479 e. The summed E-state index contributed by atoms with van der Waals surface area (Å²) < 4.78 is 22.4. The molecule has 0 radical (unpaired) electrons. The minimum absolute atomic E-state index is 0.247. The normalized spacial score (nSPS) is 10.1. The van der Waals surface area contributed by atoms with E-state index in [2.05, 4.69) is 38.0 Å². The van der Waals surface area contributed by atoms with Crippen molar-refractivity contribution in [1.29, 1.82) is 10.5 Å². The number of hydrogen-bond acceptors (Lipinski definition) is 10. The molecule has 5 aromatic rings. The Kier molecular flexibility index (Phi) is 12.1. The molecule has 3 aromatic carbocycles. The van der Waals surface area contributed by atoms with E-state index in [0.29, 0.717) is 66.8 Å². The van der Waals surface area contributed by atoms with Crippen LogP contribution in [0, 0.1) is 22.7 Å². The Balaban J connectivity index is 0.000000223. The summed E-state index contributed by atoms with van der Waals surface area (Å²) >= 11 is 15.2. The summed E-state index contributed by atoms with van der Waals surface area (Å²) in [6.45, 7) is 0. The van der Waals surface area contributed by atoms with Crippen LogP contribution in [0.4, 0.5) is 11.4 Å². The number of aryl methyl sites for hydroxylation is 2. The van der Waals surface area contributed by atoms with Gasteiger partial charge in [0.25, 0.3) is 0 Å². The molecule has 47 heavy (non-hydrogen) atoms. The van der Waals surface area contributed by atoms with E-state index in [-0.39, 0.29) is 11.6 Å². The Hall–Kier alpha value is -5.20. The van der Waals surface area contributed by atoms with E-state index in [9.17, 15) is 0 Å². The van der Waals surface area contributed by atoms with Gasteiger partial charge in [-0.05, 0) is 70.7 Å². The van der Waals surface area contributed by atoms with Crippen molar-refractivity contribution in [2.24, 2.45) is 0 Å². The Labute approximate surface area is 290 Å². The fourth-order valence-corrected chi connectivity index (χ4v) is 5.01. The third kappa shape index (κ3) is 9.65.